The van der Waals surface area contributed by atoms with Gasteiger partial charge in [0.15, 0.2) is 5.13 Å². The molecule has 1 aromatic heterocycles. The third-order valence-electron chi connectivity index (χ3n) is 2.18. The van der Waals surface area contributed by atoms with Crippen LogP contribution in [0.5, 0.6) is 0 Å². The van der Waals surface area contributed by atoms with Crippen LogP contribution in [0.15, 0.2) is 0 Å². The molecule has 98 valence electrons. The van der Waals surface area contributed by atoms with Crippen molar-refractivity contribution in [2.24, 2.45) is 0 Å². The van der Waals surface area contributed by atoms with E-state index < -0.39 is 0 Å². The Morgan fingerprint density at radius 2 is 1.88 bits per heavy atom. The minimum absolute atomic E-state index is 0.0844. The van der Waals surface area contributed by atoms with Crippen molar-refractivity contribution in [2.45, 2.75) is 6.61 Å². The lowest BCUT2D eigenvalue weighted by Crippen LogP contribution is -2.30. The van der Waals surface area contributed by atoms with Gasteiger partial charge in [0.1, 0.15) is 5.15 Å². The average molecular weight is 281 g/mol. The molecule has 0 aliphatic rings. The molecule has 0 radical (unpaired) electrons. The summed E-state index contributed by atoms with van der Waals surface area (Å²) >= 11 is 7.30. The summed E-state index contributed by atoms with van der Waals surface area (Å²) in [6.07, 6.45) is 0. The summed E-state index contributed by atoms with van der Waals surface area (Å²) < 4.78 is 10.1. The zero-order chi connectivity index (χ0) is 12.7. The van der Waals surface area contributed by atoms with Gasteiger partial charge in [0.05, 0.1) is 24.7 Å². The number of methoxy groups -OCH3 is 2. The topological polar surface area (TPSA) is 54.8 Å². The Morgan fingerprint density at radius 3 is 2.29 bits per heavy atom. The maximum absolute atomic E-state index is 9.08. The number of hydrogen-bond acceptors (Lipinski definition) is 6. The quantitative estimate of drug-likeness (QED) is 0.780. The van der Waals surface area contributed by atoms with Crippen LogP contribution in [0.3, 0.4) is 0 Å². The molecule has 17 heavy (non-hydrogen) atoms. The Morgan fingerprint density at radius 1 is 1.29 bits per heavy atom. The number of aliphatic hydroxyl groups excluding tert-OH is 1. The van der Waals surface area contributed by atoms with Gasteiger partial charge in [0.25, 0.3) is 0 Å². The first-order chi connectivity index (χ1) is 8.22. The fraction of sp³-hybridized carbons (Fsp3) is 0.700. The van der Waals surface area contributed by atoms with E-state index >= 15 is 0 Å². The number of rotatable bonds is 8. The van der Waals surface area contributed by atoms with Gasteiger partial charge in [-0.2, -0.15) is 0 Å². The first kappa shape index (κ1) is 14.7. The molecule has 0 unspecified atom stereocenters. The molecule has 0 saturated carbocycles. The first-order valence-electron chi connectivity index (χ1n) is 5.21. The Balaban J connectivity index is 2.71. The highest BCUT2D eigenvalue weighted by Gasteiger charge is 2.14. The molecule has 1 heterocycles. The number of thiazole rings is 1. The minimum Gasteiger partial charge on any atom is -0.391 e. The highest BCUT2D eigenvalue weighted by molar-refractivity contribution is 7.16. The van der Waals surface area contributed by atoms with Crippen LogP contribution < -0.4 is 4.90 Å². The zero-order valence-corrected chi connectivity index (χ0v) is 11.6. The summed E-state index contributed by atoms with van der Waals surface area (Å²) in [6.45, 7) is 2.56. The van der Waals surface area contributed by atoms with E-state index in [9.17, 15) is 0 Å². The maximum Gasteiger partial charge on any atom is 0.187 e. The Bertz CT molecular complexity index is 327. The Hall–Kier alpha value is -0.400. The predicted molar refractivity (Wildman–Crippen MR) is 69.0 cm³/mol. The van der Waals surface area contributed by atoms with Gasteiger partial charge in [-0.1, -0.05) is 22.9 Å². The molecule has 0 aliphatic heterocycles. The van der Waals surface area contributed by atoms with Crippen LogP contribution >= 0.6 is 22.9 Å². The fourth-order valence-electron chi connectivity index (χ4n) is 1.26. The maximum atomic E-state index is 9.08. The molecule has 0 aromatic carbocycles. The summed E-state index contributed by atoms with van der Waals surface area (Å²) in [4.78, 5) is 6.94. The summed E-state index contributed by atoms with van der Waals surface area (Å²) in [5.41, 5.74) is 0. The second kappa shape index (κ2) is 7.84. The van der Waals surface area contributed by atoms with Gasteiger partial charge in [-0.15, -0.1) is 0 Å². The number of ether oxygens (including phenoxy) is 2. The average Bonchev–Trinajstić information content (AvgIpc) is 2.70. The van der Waals surface area contributed by atoms with Gasteiger partial charge in [-0.25, -0.2) is 4.98 Å². The second-order valence-corrected chi connectivity index (χ2v) is 4.76. The molecule has 1 aromatic rings. The Kier molecular flexibility index (Phi) is 6.76. The third kappa shape index (κ3) is 4.40. The number of halogens is 1. The molecule has 0 saturated heterocycles. The van der Waals surface area contributed by atoms with E-state index in [0.717, 1.165) is 5.13 Å². The molecule has 5 nitrogen and oxygen atoms in total. The highest BCUT2D eigenvalue weighted by Crippen LogP contribution is 2.29. The lowest BCUT2D eigenvalue weighted by atomic mass is 10.5. The third-order valence-corrected chi connectivity index (χ3v) is 3.71. The number of nitrogens with zero attached hydrogens (tertiary/aromatic N) is 2. The lowest BCUT2D eigenvalue weighted by Gasteiger charge is -2.20. The van der Waals surface area contributed by atoms with Crippen LogP contribution in [0.25, 0.3) is 0 Å². The summed E-state index contributed by atoms with van der Waals surface area (Å²) in [5.74, 6) is 0. The second-order valence-electron chi connectivity index (χ2n) is 3.34. The van der Waals surface area contributed by atoms with Crippen LogP contribution in [0, 0.1) is 0 Å². The molecular weight excluding hydrogens is 264 g/mol. The van der Waals surface area contributed by atoms with Crippen LogP contribution in [0.2, 0.25) is 5.15 Å². The van der Waals surface area contributed by atoms with Gasteiger partial charge in [0, 0.05) is 27.3 Å². The number of aromatic nitrogens is 1. The molecule has 0 amide bonds. The van der Waals surface area contributed by atoms with Crippen LogP contribution in [0.1, 0.15) is 4.88 Å². The molecule has 0 bridgehead atoms. The van der Waals surface area contributed by atoms with Gasteiger partial charge in [-0.3, -0.25) is 0 Å². The van der Waals surface area contributed by atoms with Crippen LogP contribution in [-0.2, 0) is 16.1 Å². The smallest absolute Gasteiger partial charge is 0.187 e. The monoisotopic (exact) mass is 280 g/mol. The normalized spacial score (nSPS) is 10.8. The SMILES string of the molecule is COCCN(CCOC)c1nc(Cl)c(CO)s1. The van der Waals surface area contributed by atoms with E-state index in [1.54, 1.807) is 14.2 Å². The molecule has 0 fully saturated rings. The Labute approximate surface area is 110 Å². The van der Waals surface area contributed by atoms with E-state index in [0.29, 0.717) is 36.3 Å². The standard InChI is InChI=1S/C10H17ClN2O3S/c1-15-5-3-13(4-6-16-2)10-12-9(11)8(7-14)17-10/h14H,3-7H2,1-2H3. The first-order valence-corrected chi connectivity index (χ1v) is 6.41. The molecule has 0 aliphatic carbocycles. The van der Waals surface area contributed by atoms with Crippen molar-refractivity contribution in [3.8, 4) is 0 Å². The van der Waals surface area contributed by atoms with Gasteiger partial charge >= 0.3 is 0 Å². The van der Waals surface area contributed by atoms with Crippen LogP contribution in [-0.4, -0.2) is 50.6 Å². The van der Waals surface area contributed by atoms with Gasteiger partial charge in [-0.05, 0) is 0 Å². The summed E-state index contributed by atoms with van der Waals surface area (Å²) in [5, 5.41) is 10.2. The highest BCUT2D eigenvalue weighted by atomic mass is 35.5. The van der Waals surface area contributed by atoms with E-state index in [2.05, 4.69) is 4.98 Å². The summed E-state index contributed by atoms with van der Waals surface area (Å²) in [6, 6.07) is 0. The van der Waals surface area contributed by atoms with Crippen LogP contribution in [0.4, 0.5) is 5.13 Å². The fourth-order valence-corrected chi connectivity index (χ4v) is 2.43. The molecule has 7 heteroatoms. The molecule has 1 rings (SSSR count). The molecule has 1 N–H and O–H groups in total. The van der Waals surface area contributed by atoms with Crippen molar-refractivity contribution < 1.29 is 14.6 Å². The molecular formula is C10H17ClN2O3S. The molecule has 0 atom stereocenters. The minimum atomic E-state index is -0.0844. The molecule has 0 spiro atoms. The largest absolute Gasteiger partial charge is 0.391 e. The predicted octanol–water partition coefficient (Wildman–Crippen LogP) is 1.39. The van der Waals surface area contributed by atoms with E-state index in [1.807, 2.05) is 4.90 Å². The number of anilines is 1. The number of aliphatic hydroxyl groups is 1. The van der Waals surface area contributed by atoms with E-state index in [1.165, 1.54) is 11.3 Å². The van der Waals surface area contributed by atoms with Gasteiger partial charge in [0.2, 0.25) is 0 Å². The summed E-state index contributed by atoms with van der Waals surface area (Å²) in [7, 11) is 3.31. The van der Waals surface area contributed by atoms with Crippen molar-refractivity contribution in [2.75, 3.05) is 45.4 Å². The van der Waals surface area contributed by atoms with E-state index in [4.69, 9.17) is 26.2 Å². The lowest BCUT2D eigenvalue weighted by molar-refractivity contribution is 0.190. The van der Waals surface area contributed by atoms with Crippen molar-refractivity contribution in [1.82, 2.24) is 4.98 Å². The zero-order valence-electron chi connectivity index (χ0n) is 9.98. The van der Waals surface area contributed by atoms with Crippen molar-refractivity contribution in [3.05, 3.63) is 10.0 Å². The van der Waals surface area contributed by atoms with Crippen molar-refractivity contribution >= 4 is 28.1 Å². The van der Waals surface area contributed by atoms with E-state index in [-0.39, 0.29) is 6.61 Å². The van der Waals surface area contributed by atoms with Gasteiger partial charge < -0.3 is 19.5 Å². The van der Waals surface area contributed by atoms with Crippen molar-refractivity contribution in [3.63, 3.8) is 0 Å². The number of hydrogen-bond donors (Lipinski definition) is 1. The van der Waals surface area contributed by atoms with Crippen molar-refractivity contribution in [1.29, 1.82) is 0 Å².